The molecule has 0 radical (unpaired) electrons. The van der Waals surface area contributed by atoms with Gasteiger partial charge in [0.25, 0.3) is 0 Å². The molecule has 1 heterocycles. The lowest BCUT2D eigenvalue weighted by Gasteiger charge is -2.05. The quantitative estimate of drug-likeness (QED) is 0.735. The summed E-state index contributed by atoms with van der Waals surface area (Å²) in [5, 5.41) is 0. The van der Waals surface area contributed by atoms with Gasteiger partial charge in [0.15, 0.2) is 0 Å². The molecule has 0 unspecified atom stereocenters. The third kappa shape index (κ3) is 2.82. The lowest BCUT2D eigenvalue weighted by molar-refractivity contribution is 0.662. The van der Waals surface area contributed by atoms with E-state index in [4.69, 9.17) is 10.7 Å². The highest BCUT2D eigenvalue weighted by Gasteiger charge is 2.30. The first-order valence-electron chi connectivity index (χ1n) is 7.12. The van der Waals surface area contributed by atoms with Gasteiger partial charge in [0, 0.05) is 12.5 Å². The van der Waals surface area contributed by atoms with Crippen LogP contribution in [0.25, 0.3) is 0 Å². The maximum atomic E-state index is 6.20. The molecule has 2 N–H and O–H groups in total. The first kappa shape index (κ1) is 12.5. The van der Waals surface area contributed by atoms with Crippen LogP contribution in [0.4, 0.5) is 5.82 Å². The summed E-state index contributed by atoms with van der Waals surface area (Å²) in [6.45, 7) is 5.36. The Labute approximate surface area is 104 Å². The molecule has 0 aromatic carbocycles. The molecule has 0 aliphatic heterocycles. The number of nitrogen functional groups attached to an aromatic ring is 1. The summed E-state index contributed by atoms with van der Waals surface area (Å²) in [6, 6.07) is 0. The third-order valence-electron chi connectivity index (χ3n) is 3.64. The van der Waals surface area contributed by atoms with Gasteiger partial charge in [-0.1, -0.05) is 26.2 Å². The van der Waals surface area contributed by atoms with Crippen LogP contribution in [0.2, 0.25) is 0 Å². The summed E-state index contributed by atoms with van der Waals surface area (Å²) in [6.07, 6.45) is 8.78. The number of nitrogens with zero attached hydrogens (tertiary/aromatic N) is 2. The van der Waals surface area contributed by atoms with Crippen molar-refractivity contribution in [3.63, 3.8) is 0 Å². The largest absolute Gasteiger partial charge is 0.384 e. The van der Waals surface area contributed by atoms with Gasteiger partial charge in [0.2, 0.25) is 0 Å². The first-order valence-corrected chi connectivity index (χ1v) is 7.12. The van der Waals surface area contributed by atoms with Gasteiger partial charge in [-0.3, -0.25) is 0 Å². The van der Waals surface area contributed by atoms with Crippen molar-refractivity contribution < 1.29 is 0 Å². The molecule has 1 saturated carbocycles. The molecule has 0 saturated heterocycles. The van der Waals surface area contributed by atoms with Crippen LogP contribution in [0, 0.1) is 0 Å². The SMILES string of the molecule is CCCCCCc1nc(C2CC2)n(CC)c1N. The van der Waals surface area contributed by atoms with E-state index in [1.54, 1.807) is 0 Å². The Morgan fingerprint density at radius 1 is 1.24 bits per heavy atom. The first-order chi connectivity index (χ1) is 8.27. The average Bonchev–Trinajstić information content (AvgIpc) is 3.11. The Morgan fingerprint density at radius 3 is 2.59 bits per heavy atom. The van der Waals surface area contributed by atoms with E-state index in [2.05, 4.69) is 18.4 Å². The number of unbranched alkanes of at least 4 members (excludes halogenated alkanes) is 3. The molecule has 0 amide bonds. The summed E-state index contributed by atoms with van der Waals surface area (Å²) in [5.41, 5.74) is 7.34. The van der Waals surface area contributed by atoms with Crippen LogP contribution in [0.3, 0.4) is 0 Å². The lowest BCUT2D eigenvalue weighted by atomic mass is 10.1. The predicted molar refractivity (Wildman–Crippen MR) is 72.1 cm³/mol. The molecule has 96 valence electrons. The smallest absolute Gasteiger partial charge is 0.126 e. The lowest BCUT2D eigenvalue weighted by Crippen LogP contribution is -2.04. The molecule has 2 rings (SSSR count). The fourth-order valence-electron chi connectivity index (χ4n) is 2.42. The highest BCUT2D eigenvalue weighted by Crippen LogP contribution is 2.40. The minimum atomic E-state index is 0.696. The summed E-state index contributed by atoms with van der Waals surface area (Å²) in [5.74, 6) is 2.86. The van der Waals surface area contributed by atoms with Crippen LogP contribution in [0.15, 0.2) is 0 Å². The van der Waals surface area contributed by atoms with Gasteiger partial charge in [-0.25, -0.2) is 4.98 Å². The maximum Gasteiger partial charge on any atom is 0.126 e. The van der Waals surface area contributed by atoms with E-state index in [1.165, 1.54) is 44.3 Å². The molecule has 3 nitrogen and oxygen atoms in total. The molecule has 1 aromatic heterocycles. The fourth-order valence-corrected chi connectivity index (χ4v) is 2.42. The zero-order valence-electron chi connectivity index (χ0n) is 11.2. The molecule has 1 aliphatic rings. The van der Waals surface area contributed by atoms with E-state index in [9.17, 15) is 0 Å². The Kier molecular flexibility index (Phi) is 4.08. The van der Waals surface area contributed by atoms with E-state index in [0.717, 1.165) is 24.5 Å². The number of rotatable bonds is 7. The molecule has 1 aromatic rings. The molecule has 17 heavy (non-hydrogen) atoms. The highest BCUT2D eigenvalue weighted by atomic mass is 15.1. The predicted octanol–water partition coefficient (Wildman–Crippen LogP) is 3.49. The zero-order valence-corrected chi connectivity index (χ0v) is 11.2. The molecular weight excluding hydrogens is 210 g/mol. The standard InChI is InChI=1S/C14H25N3/c1-3-5-6-7-8-12-13(15)17(4-2)14(16-12)11-9-10-11/h11H,3-10,15H2,1-2H3. The van der Waals surface area contributed by atoms with Gasteiger partial charge in [0.1, 0.15) is 11.6 Å². The van der Waals surface area contributed by atoms with Gasteiger partial charge < -0.3 is 10.3 Å². The molecular formula is C14H25N3. The molecule has 0 spiro atoms. The number of hydrogen-bond donors (Lipinski definition) is 1. The molecule has 0 bridgehead atoms. The number of nitrogens with two attached hydrogens (primary N) is 1. The molecule has 1 fully saturated rings. The van der Waals surface area contributed by atoms with Crippen LogP contribution >= 0.6 is 0 Å². The van der Waals surface area contributed by atoms with Crippen molar-refractivity contribution >= 4 is 5.82 Å². The minimum absolute atomic E-state index is 0.696. The van der Waals surface area contributed by atoms with Crippen molar-refractivity contribution in [2.45, 2.75) is 71.3 Å². The maximum absolute atomic E-state index is 6.20. The number of aryl methyl sites for hydroxylation is 1. The van der Waals surface area contributed by atoms with Gasteiger partial charge in [-0.15, -0.1) is 0 Å². The van der Waals surface area contributed by atoms with Gasteiger partial charge >= 0.3 is 0 Å². The van der Waals surface area contributed by atoms with Crippen LogP contribution in [0.1, 0.15) is 69.8 Å². The van der Waals surface area contributed by atoms with E-state index in [1.807, 2.05) is 0 Å². The van der Waals surface area contributed by atoms with Gasteiger partial charge in [0.05, 0.1) is 5.69 Å². The van der Waals surface area contributed by atoms with Crippen molar-refractivity contribution in [2.75, 3.05) is 5.73 Å². The van der Waals surface area contributed by atoms with Crippen LogP contribution in [-0.4, -0.2) is 9.55 Å². The van der Waals surface area contributed by atoms with Crippen molar-refractivity contribution in [3.05, 3.63) is 11.5 Å². The minimum Gasteiger partial charge on any atom is -0.384 e. The van der Waals surface area contributed by atoms with Crippen LogP contribution < -0.4 is 5.73 Å². The van der Waals surface area contributed by atoms with Crippen LogP contribution in [0.5, 0.6) is 0 Å². The summed E-state index contributed by atoms with van der Waals surface area (Å²) in [4.78, 5) is 4.78. The van der Waals surface area contributed by atoms with Gasteiger partial charge in [-0.05, 0) is 32.6 Å². The average molecular weight is 235 g/mol. The highest BCUT2D eigenvalue weighted by molar-refractivity contribution is 5.39. The second-order valence-corrected chi connectivity index (χ2v) is 5.13. The van der Waals surface area contributed by atoms with Crippen molar-refractivity contribution in [1.82, 2.24) is 9.55 Å². The monoisotopic (exact) mass is 235 g/mol. The van der Waals surface area contributed by atoms with E-state index >= 15 is 0 Å². The van der Waals surface area contributed by atoms with E-state index in [-0.39, 0.29) is 0 Å². The normalized spacial score (nSPS) is 15.4. The Balaban J connectivity index is 2.01. The number of imidazole rings is 1. The number of anilines is 1. The zero-order chi connectivity index (χ0) is 12.3. The summed E-state index contributed by atoms with van der Waals surface area (Å²) >= 11 is 0. The van der Waals surface area contributed by atoms with Gasteiger partial charge in [-0.2, -0.15) is 0 Å². The van der Waals surface area contributed by atoms with Crippen molar-refractivity contribution in [2.24, 2.45) is 0 Å². The second-order valence-electron chi connectivity index (χ2n) is 5.13. The molecule has 0 atom stereocenters. The third-order valence-corrected chi connectivity index (χ3v) is 3.64. The van der Waals surface area contributed by atoms with Crippen LogP contribution in [-0.2, 0) is 13.0 Å². The summed E-state index contributed by atoms with van der Waals surface area (Å²) in [7, 11) is 0. The number of hydrogen-bond acceptors (Lipinski definition) is 2. The topological polar surface area (TPSA) is 43.8 Å². The molecule has 3 heteroatoms. The Morgan fingerprint density at radius 2 is 2.00 bits per heavy atom. The second kappa shape index (κ2) is 5.56. The Bertz CT molecular complexity index is 364. The molecule has 1 aliphatic carbocycles. The van der Waals surface area contributed by atoms with Crippen molar-refractivity contribution in [1.29, 1.82) is 0 Å². The van der Waals surface area contributed by atoms with E-state index < -0.39 is 0 Å². The number of aromatic nitrogens is 2. The fraction of sp³-hybridized carbons (Fsp3) is 0.786. The summed E-state index contributed by atoms with van der Waals surface area (Å²) < 4.78 is 2.22. The van der Waals surface area contributed by atoms with Crippen molar-refractivity contribution in [3.8, 4) is 0 Å². The Hall–Kier alpha value is -0.990. The van der Waals surface area contributed by atoms with E-state index in [0.29, 0.717) is 5.92 Å².